The molecule has 1 nitrogen and oxygen atoms in total. The molecule has 2 rings (SSSR count). The first-order valence-electron chi connectivity index (χ1n) is 6.52. The summed E-state index contributed by atoms with van der Waals surface area (Å²) in [7, 11) is 0. The summed E-state index contributed by atoms with van der Waals surface area (Å²) in [5.74, 6) is 0.516. The molecule has 2 aliphatic carbocycles. The Morgan fingerprint density at radius 3 is 2.38 bits per heavy atom. The van der Waals surface area contributed by atoms with Gasteiger partial charge in [-0.05, 0) is 41.4 Å². The van der Waals surface area contributed by atoms with Crippen LogP contribution in [0.3, 0.4) is 0 Å². The lowest BCUT2D eigenvalue weighted by Gasteiger charge is -2.59. The predicted octanol–water partition coefficient (Wildman–Crippen LogP) is 3.78. The molecule has 0 aromatic heterocycles. The fourth-order valence-corrected chi connectivity index (χ4v) is 4.61. The Hall–Kier alpha value is -0.300. The quantitative estimate of drug-likeness (QED) is 0.618. The van der Waals surface area contributed by atoms with Gasteiger partial charge in [-0.1, -0.05) is 46.8 Å². The molecule has 0 unspecified atom stereocenters. The Labute approximate surface area is 99.9 Å². The number of allylic oxidation sites excluding steroid dienone is 1. The normalized spacial score (nSPS) is 51.5. The van der Waals surface area contributed by atoms with Gasteiger partial charge in [0.1, 0.15) is 0 Å². The maximum absolute atomic E-state index is 10.3. The minimum atomic E-state index is -0.168. The molecule has 2 aliphatic rings. The molecule has 0 spiro atoms. The number of fused-ring (bicyclic) bond motifs is 1. The molecule has 2 saturated carbocycles. The van der Waals surface area contributed by atoms with E-state index in [1.807, 2.05) is 0 Å². The van der Waals surface area contributed by atoms with Crippen molar-refractivity contribution in [3.8, 4) is 0 Å². The van der Waals surface area contributed by atoms with Gasteiger partial charge < -0.3 is 5.11 Å². The Bertz CT molecular complexity index is 330. The number of rotatable bonds is 0. The lowest BCUT2D eigenvalue weighted by atomic mass is 9.46. The Balaban J connectivity index is 2.55. The minimum absolute atomic E-state index is 0.0150. The first-order chi connectivity index (χ1) is 7.17. The monoisotopic (exact) mass is 222 g/mol. The van der Waals surface area contributed by atoms with Crippen LogP contribution in [-0.4, -0.2) is 11.2 Å². The highest BCUT2D eigenvalue weighted by Crippen LogP contribution is 2.70. The summed E-state index contributed by atoms with van der Waals surface area (Å²) in [4.78, 5) is 0. The number of aliphatic hydroxyl groups is 1. The van der Waals surface area contributed by atoms with Crippen LogP contribution in [0.15, 0.2) is 12.2 Å². The summed E-state index contributed by atoms with van der Waals surface area (Å²) in [6, 6.07) is 0. The molecule has 1 N–H and O–H groups in total. The van der Waals surface area contributed by atoms with Crippen LogP contribution < -0.4 is 0 Å². The lowest BCUT2D eigenvalue weighted by Crippen LogP contribution is -2.57. The van der Waals surface area contributed by atoms with Crippen molar-refractivity contribution < 1.29 is 5.11 Å². The lowest BCUT2D eigenvalue weighted by molar-refractivity contribution is -0.157. The average molecular weight is 222 g/mol. The smallest absolute Gasteiger partial charge is 0.0597 e. The molecule has 0 bridgehead atoms. The van der Waals surface area contributed by atoms with E-state index in [-0.39, 0.29) is 16.9 Å². The topological polar surface area (TPSA) is 20.2 Å². The number of hydrogen-bond acceptors (Lipinski definition) is 1. The zero-order valence-corrected chi connectivity index (χ0v) is 11.4. The van der Waals surface area contributed by atoms with Crippen molar-refractivity contribution in [2.75, 3.05) is 0 Å². The van der Waals surface area contributed by atoms with E-state index in [0.29, 0.717) is 11.3 Å². The van der Waals surface area contributed by atoms with Crippen molar-refractivity contribution in [2.45, 2.75) is 60.0 Å². The molecule has 0 aromatic rings. The fraction of sp³-hybridized carbons (Fsp3) is 0.867. The number of hydrogen-bond donors (Lipinski definition) is 1. The van der Waals surface area contributed by atoms with E-state index >= 15 is 0 Å². The second-order valence-electron chi connectivity index (χ2n) is 7.10. The fourth-order valence-electron chi connectivity index (χ4n) is 4.61. The zero-order valence-electron chi connectivity index (χ0n) is 11.4. The number of aliphatic hydroxyl groups excluding tert-OH is 1. The summed E-state index contributed by atoms with van der Waals surface area (Å²) in [5, 5.41) is 10.3. The van der Waals surface area contributed by atoms with E-state index in [4.69, 9.17) is 0 Å². The molecule has 0 radical (unpaired) electrons. The molecular formula is C15H26O. The van der Waals surface area contributed by atoms with Crippen LogP contribution in [0.2, 0.25) is 0 Å². The minimum Gasteiger partial charge on any atom is -0.393 e. The summed E-state index contributed by atoms with van der Waals surface area (Å²) in [5.41, 5.74) is 1.87. The van der Waals surface area contributed by atoms with E-state index < -0.39 is 0 Å². The molecule has 0 amide bonds. The van der Waals surface area contributed by atoms with Crippen LogP contribution in [0, 0.1) is 22.2 Å². The van der Waals surface area contributed by atoms with Crippen LogP contribution in [0.1, 0.15) is 53.9 Å². The summed E-state index contributed by atoms with van der Waals surface area (Å²) < 4.78 is 0. The zero-order chi connectivity index (χ0) is 12.4. The maximum atomic E-state index is 10.3. The highest BCUT2D eigenvalue weighted by atomic mass is 16.3. The Morgan fingerprint density at radius 2 is 1.81 bits per heavy atom. The van der Waals surface area contributed by atoms with E-state index in [1.165, 1.54) is 5.57 Å². The molecule has 92 valence electrons. The summed E-state index contributed by atoms with van der Waals surface area (Å²) in [6.07, 6.45) is 3.05. The van der Waals surface area contributed by atoms with Gasteiger partial charge in [0, 0.05) is 0 Å². The molecule has 0 aliphatic heterocycles. The molecule has 0 heterocycles. The Kier molecular flexibility index (Phi) is 2.38. The standard InChI is InChI=1S/C15H26O/c1-10-9-14(5)8-7-12(16)13(3,4)15(14,6)11(10)2/h11-12,16H,1,7-9H2,2-6H3/t11-,12-,14-,15-/m1/s1. The average Bonchev–Trinajstić information content (AvgIpc) is 2.37. The molecule has 4 atom stereocenters. The van der Waals surface area contributed by atoms with Crippen molar-refractivity contribution >= 4 is 0 Å². The molecule has 1 heteroatoms. The van der Waals surface area contributed by atoms with Crippen molar-refractivity contribution in [3.05, 3.63) is 12.2 Å². The van der Waals surface area contributed by atoms with Gasteiger partial charge in [0.05, 0.1) is 6.10 Å². The third-order valence-corrected chi connectivity index (χ3v) is 6.49. The van der Waals surface area contributed by atoms with Crippen LogP contribution in [0.25, 0.3) is 0 Å². The third kappa shape index (κ3) is 1.11. The molecular weight excluding hydrogens is 196 g/mol. The first kappa shape index (κ1) is 12.2. The first-order valence-corrected chi connectivity index (χ1v) is 6.52. The van der Waals surface area contributed by atoms with Crippen LogP contribution in [-0.2, 0) is 0 Å². The Morgan fingerprint density at radius 1 is 1.25 bits per heavy atom. The SMILES string of the molecule is C=C1C[C@@]2(C)CC[C@@H](O)C(C)(C)[C@@]2(C)[C@@H]1C. The van der Waals surface area contributed by atoms with E-state index in [1.54, 1.807) is 0 Å². The van der Waals surface area contributed by atoms with Crippen molar-refractivity contribution in [2.24, 2.45) is 22.2 Å². The summed E-state index contributed by atoms with van der Waals surface area (Å²) in [6.45, 7) is 15.8. The second kappa shape index (κ2) is 3.13. The van der Waals surface area contributed by atoms with Gasteiger partial charge in [0.2, 0.25) is 0 Å². The van der Waals surface area contributed by atoms with Crippen LogP contribution in [0.4, 0.5) is 0 Å². The maximum Gasteiger partial charge on any atom is 0.0597 e. The predicted molar refractivity (Wildman–Crippen MR) is 68.2 cm³/mol. The van der Waals surface area contributed by atoms with Gasteiger partial charge in [0.25, 0.3) is 0 Å². The van der Waals surface area contributed by atoms with Crippen molar-refractivity contribution in [1.29, 1.82) is 0 Å². The molecule has 16 heavy (non-hydrogen) atoms. The highest BCUT2D eigenvalue weighted by molar-refractivity contribution is 5.25. The summed E-state index contributed by atoms with van der Waals surface area (Å²) >= 11 is 0. The van der Waals surface area contributed by atoms with Crippen LogP contribution in [0.5, 0.6) is 0 Å². The second-order valence-corrected chi connectivity index (χ2v) is 7.10. The van der Waals surface area contributed by atoms with Gasteiger partial charge in [-0.2, -0.15) is 0 Å². The largest absolute Gasteiger partial charge is 0.393 e. The van der Waals surface area contributed by atoms with Crippen LogP contribution >= 0.6 is 0 Å². The van der Waals surface area contributed by atoms with E-state index in [2.05, 4.69) is 41.2 Å². The highest BCUT2D eigenvalue weighted by Gasteiger charge is 2.65. The van der Waals surface area contributed by atoms with Crippen molar-refractivity contribution in [3.63, 3.8) is 0 Å². The van der Waals surface area contributed by atoms with Gasteiger partial charge >= 0.3 is 0 Å². The van der Waals surface area contributed by atoms with Gasteiger partial charge in [-0.3, -0.25) is 0 Å². The van der Waals surface area contributed by atoms with Crippen molar-refractivity contribution in [1.82, 2.24) is 0 Å². The van der Waals surface area contributed by atoms with Gasteiger partial charge in [-0.25, -0.2) is 0 Å². The third-order valence-electron chi connectivity index (χ3n) is 6.49. The van der Waals surface area contributed by atoms with E-state index in [9.17, 15) is 5.11 Å². The van der Waals surface area contributed by atoms with Gasteiger partial charge in [-0.15, -0.1) is 0 Å². The molecule has 2 fully saturated rings. The van der Waals surface area contributed by atoms with Gasteiger partial charge in [0.15, 0.2) is 0 Å². The van der Waals surface area contributed by atoms with E-state index in [0.717, 1.165) is 19.3 Å². The molecule has 0 saturated heterocycles. The molecule has 0 aromatic carbocycles.